The van der Waals surface area contributed by atoms with Crippen LogP contribution in [0.3, 0.4) is 0 Å². The Kier molecular flexibility index (Phi) is 17.4. The van der Waals surface area contributed by atoms with E-state index in [9.17, 15) is 25.0 Å². The molecule has 0 aliphatic carbocycles. The summed E-state index contributed by atoms with van der Waals surface area (Å²) in [5, 5.41) is 19.1. The molecule has 16 nitrogen and oxygen atoms in total. The second kappa shape index (κ2) is 22.7. The zero-order chi connectivity index (χ0) is 50.1. The summed E-state index contributed by atoms with van der Waals surface area (Å²) in [6.45, 7) is 15.7. The van der Waals surface area contributed by atoms with Gasteiger partial charge >= 0.3 is 17.9 Å². The third-order valence-corrected chi connectivity index (χ3v) is 22.6. The number of methoxy groups -OCH3 is 1. The maximum atomic E-state index is 13.1. The van der Waals surface area contributed by atoms with Gasteiger partial charge in [-0.2, -0.15) is 0 Å². The van der Waals surface area contributed by atoms with Crippen molar-refractivity contribution in [2.45, 2.75) is 134 Å². The summed E-state index contributed by atoms with van der Waals surface area (Å²) in [6.07, 6.45) is -13.0. The highest BCUT2D eigenvalue weighted by Crippen LogP contribution is 2.41. The maximum Gasteiger partial charge on any atom is 0.303 e. The lowest BCUT2D eigenvalue weighted by Crippen LogP contribution is -2.70. The van der Waals surface area contributed by atoms with E-state index < -0.39 is 106 Å². The van der Waals surface area contributed by atoms with Gasteiger partial charge in [0.25, 0.3) is 16.6 Å². The van der Waals surface area contributed by atoms with Gasteiger partial charge in [0.05, 0.1) is 13.2 Å². The van der Waals surface area contributed by atoms with Gasteiger partial charge in [-0.15, -0.1) is 0 Å². The van der Waals surface area contributed by atoms with Crippen molar-refractivity contribution in [1.29, 1.82) is 0 Å². The largest absolute Gasteiger partial charge is 0.459 e. The average molecular weight is 984 g/mol. The van der Waals surface area contributed by atoms with E-state index >= 15 is 0 Å². The molecule has 0 saturated carbocycles. The number of rotatable bonds is 17. The molecule has 4 aromatic rings. The Morgan fingerprint density at radius 3 is 1.28 bits per heavy atom. The van der Waals surface area contributed by atoms with Crippen LogP contribution in [0, 0.1) is 0 Å². The number of hydrogen-bond donors (Lipinski definition) is 1. The lowest BCUT2D eigenvalue weighted by Gasteiger charge is -2.50. The van der Waals surface area contributed by atoms with E-state index in [0.717, 1.165) is 27.7 Å². The number of aliphatic hydroxyl groups is 1. The molecule has 6 rings (SSSR count). The number of azide groups is 1. The van der Waals surface area contributed by atoms with Crippen LogP contribution in [-0.2, 0) is 56.4 Å². The number of nitrogens with zero attached hydrogens (tertiary/aromatic N) is 3. The summed E-state index contributed by atoms with van der Waals surface area (Å²) in [4.78, 5) is 41.8. The predicted octanol–water partition coefficient (Wildman–Crippen LogP) is 5.46. The van der Waals surface area contributed by atoms with Gasteiger partial charge in [0.15, 0.2) is 24.8 Å². The Labute approximate surface area is 406 Å². The molecule has 0 radical (unpaired) electrons. The van der Waals surface area contributed by atoms with Crippen LogP contribution in [0.1, 0.15) is 62.3 Å². The van der Waals surface area contributed by atoms with E-state index in [1.165, 1.54) is 21.0 Å². The third-order valence-electron chi connectivity index (χ3n) is 12.6. The summed E-state index contributed by atoms with van der Waals surface area (Å²) >= 11 is 0. The summed E-state index contributed by atoms with van der Waals surface area (Å²) in [7, 11) is -5.21. The van der Waals surface area contributed by atoms with E-state index in [1.54, 1.807) is 0 Å². The van der Waals surface area contributed by atoms with Gasteiger partial charge in [0, 0.05) is 32.8 Å². The number of carbonyl (C=O) groups is 3. The molecule has 0 aromatic heterocycles. The van der Waals surface area contributed by atoms with E-state index in [4.69, 9.17) is 42.0 Å². The van der Waals surface area contributed by atoms with Crippen LogP contribution in [0.5, 0.6) is 0 Å². The highest BCUT2D eigenvalue weighted by Gasteiger charge is 2.58. The highest BCUT2D eigenvalue weighted by molar-refractivity contribution is 7.00. The number of benzene rings is 4. The number of carbonyl (C=O) groups excluding carboxylic acids is 3. The number of ether oxygens (including phenoxy) is 7. The monoisotopic (exact) mass is 983 g/mol. The smallest absolute Gasteiger partial charge is 0.303 e. The molecule has 4 aromatic carbocycles. The molecule has 69 heavy (non-hydrogen) atoms. The van der Waals surface area contributed by atoms with Gasteiger partial charge < -0.3 is 47.1 Å². The van der Waals surface area contributed by atoms with Crippen molar-refractivity contribution in [3.05, 3.63) is 132 Å². The summed E-state index contributed by atoms with van der Waals surface area (Å²) < 4.78 is 58.1. The Morgan fingerprint density at radius 2 is 0.928 bits per heavy atom. The van der Waals surface area contributed by atoms with E-state index in [2.05, 4.69) is 51.6 Å². The SMILES string of the molecule is CO[C@@H]1O[C@H](CO[Si](c2ccccc2)(c2ccccc2)C(C)(C)C)[C@@H](O[C@@H]2O[C@H](CO[Si](c3ccccc3)(c3ccccc3)C(C)(C)C)[C@H](OC(C)=O)[C@H](O)[C@H]2OC(C)=O)[C@H](OC(C)=O)[C@H]1N=[N+]=[N-]. The highest BCUT2D eigenvalue weighted by atomic mass is 28.4. The fraction of sp³-hybridized carbons (Fsp3) is 0.471. The molecular formula is C51H65N3O13Si2. The van der Waals surface area contributed by atoms with Crippen molar-refractivity contribution >= 4 is 55.3 Å². The Morgan fingerprint density at radius 1 is 0.580 bits per heavy atom. The molecule has 370 valence electrons. The average Bonchev–Trinajstić information content (AvgIpc) is 3.30. The lowest BCUT2D eigenvalue weighted by atomic mass is 9.95. The fourth-order valence-corrected chi connectivity index (χ4v) is 18.9. The van der Waals surface area contributed by atoms with Crippen molar-refractivity contribution in [2.75, 3.05) is 20.3 Å². The number of aliphatic hydroxyl groups excluding tert-OH is 1. The summed E-state index contributed by atoms with van der Waals surface area (Å²) in [6, 6.07) is 38.2. The summed E-state index contributed by atoms with van der Waals surface area (Å²) in [5.41, 5.74) is 9.85. The first-order chi connectivity index (χ1) is 32.8. The first kappa shape index (κ1) is 53.1. The molecule has 0 bridgehead atoms. The van der Waals surface area contributed by atoms with Crippen molar-refractivity contribution in [3.8, 4) is 0 Å². The molecule has 0 unspecified atom stereocenters. The summed E-state index contributed by atoms with van der Waals surface area (Å²) in [5.74, 6) is -2.30. The molecular weight excluding hydrogens is 919 g/mol. The minimum absolute atomic E-state index is 0.192. The van der Waals surface area contributed by atoms with Crippen LogP contribution in [0.25, 0.3) is 10.4 Å². The molecule has 0 spiro atoms. The topological polar surface area (TPSA) is 203 Å². The minimum atomic E-state index is -3.28. The van der Waals surface area contributed by atoms with Gasteiger partial charge in [-0.3, -0.25) is 14.4 Å². The van der Waals surface area contributed by atoms with Crippen LogP contribution in [0.4, 0.5) is 0 Å². The van der Waals surface area contributed by atoms with Crippen LogP contribution in [0.2, 0.25) is 10.1 Å². The van der Waals surface area contributed by atoms with Crippen LogP contribution >= 0.6 is 0 Å². The second-order valence-corrected chi connectivity index (χ2v) is 27.9. The van der Waals surface area contributed by atoms with Crippen LogP contribution in [0.15, 0.2) is 126 Å². The van der Waals surface area contributed by atoms with Gasteiger partial charge in [0.1, 0.15) is 36.6 Å². The Bertz CT molecular complexity index is 2290. The van der Waals surface area contributed by atoms with Gasteiger partial charge in [0.2, 0.25) is 0 Å². The molecule has 1 N–H and O–H groups in total. The molecule has 2 saturated heterocycles. The molecule has 2 aliphatic heterocycles. The van der Waals surface area contributed by atoms with Gasteiger partial charge in [-0.25, -0.2) is 0 Å². The van der Waals surface area contributed by atoms with Crippen molar-refractivity contribution < 1.29 is 61.5 Å². The standard InChI is InChI=1S/C51H65N3O13Si2/c1-33(55)62-44-40(31-60-68(50(4,5)6,36-23-15-11-16-24-36)37-25-17-12-18-26-37)66-49(47(43(44)58)64-35(3)57)67-45-41(65-48(59-10)42(53-54-52)46(45)63-34(2)56)32-61-69(51(7,8)9,38-27-19-13-20-28-38)39-29-21-14-22-30-39/h11-30,40-49,58H,31-32H2,1-10H3/t40-,41-,42-,43+,44+,45-,46-,47-,48-,49+/m1/s1. The van der Waals surface area contributed by atoms with E-state index in [0.29, 0.717) is 0 Å². The normalized spacial score (nSPS) is 25.4. The molecule has 2 heterocycles. The molecule has 10 atom stereocenters. The second-order valence-electron chi connectivity index (χ2n) is 19.3. The van der Waals surface area contributed by atoms with E-state index in [1.807, 2.05) is 121 Å². The van der Waals surface area contributed by atoms with Gasteiger partial charge in [-0.1, -0.05) is 168 Å². The van der Waals surface area contributed by atoms with Crippen LogP contribution in [-0.4, -0.2) is 121 Å². The molecule has 2 aliphatic rings. The maximum absolute atomic E-state index is 13.1. The van der Waals surface area contributed by atoms with E-state index in [-0.39, 0.29) is 13.2 Å². The molecule has 0 amide bonds. The Hall–Kier alpha value is -5.25. The number of esters is 3. The molecule has 18 heteroatoms. The van der Waals surface area contributed by atoms with Crippen molar-refractivity contribution in [2.24, 2.45) is 5.11 Å². The lowest BCUT2D eigenvalue weighted by molar-refractivity contribution is -0.346. The van der Waals surface area contributed by atoms with Crippen molar-refractivity contribution in [1.82, 2.24) is 0 Å². The zero-order valence-corrected chi connectivity index (χ0v) is 42.9. The quantitative estimate of drug-likeness (QED) is 0.0350. The molecule has 2 fully saturated rings. The first-order valence-corrected chi connectivity index (χ1v) is 26.8. The first-order valence-electron chi connectivity index (χ1n) is 23.0. The van der Waals surface area contributed by atoms with Crippen LogP contribution < -0.4 is 20.7 Å². The third kappa shape index (κ3) is 11.5. The number of hydrogen-bond acceptors (Lipinski definition) is 14. The van der Waals surface area contributed by atoms with Crippen molar-refractivity contribution in [3.63, 3.8) is 0 Å². The zero-order valence-electron chi connectivity index (χ0n) is 40.9. The fourth-order valence-electron chi connectivity index (χ4n) is 9.78. The Balaban J connectivity index is 1.47. The predicted molar refractivity (Wildman–Crippen MR) is 262 cm³/mol. The van der Waals surface area contributed by atoms with Gasteiger partial charge in [-0.05, 0) is 36.4 Å². The minimum Gasteiger partial charge on any atom is -0.459 e.